The minimum atomic E-state index is -0.226. The molecular weight excluding hydrogens is 311 g/mol. The fourth-order valence-corrected chi connectivity index (χ4v) is 3.66. The highest BCUT2D eigenvalue weighted by Gasteiger charge is 2.32. The molecule has 4 heterocycles. The minimum absolute atomic E-state index is 0.0401. The smallest absolute Gasteiger partial charge is 0.217 e. The van der Waals surface area contributed by atoms with Gasteiger partial charge in [0.15, 0.2) is 6.23 Å². The Morgan fingerprint density at radius 3 is 2.88 bits per heavy atom. The van der Waals surface area contributed by atoms with E-state index in [0.29, 0.717) is 24.1 Å². The molecule has 0 aliphatic carbocycles. The van der Waals surface area contributed by atoms with E-state index in [1.54, 1.807) is 6.07 Å². The summed E-state index contributed by atoms with van der Waals surface area (Å²) in [5.74, 6) is 1.52. The molecular formula is C17H23FN4O2. The molecule has 0 amide bonds. The van der Waals surface area contributed by atoms with Crippen molar-refractivity contribution in [2.24, 2.45) is 11.0 Å². The molecule has 2 atom stereocenters. The number of hydrazone groups is 1. The average Bonchev–Trinajstić information content (AvgIpc) is 3.22. The Balaban J connectivity index is 1.42. The number of nitrogens with one attached hydrogen (secondary N) is 1. The van der Waals surface area contributed by atoms with Crippen molar-refractivity contribution in [3.8, 4) is 5.88 Å². The van der Waals surface area contributed by atoms with Gasteiger partial charge in [-0.25, -0.2) is 9.37 Å². The molecule has 130 valence electrons. The van der Waals surface area contributed by atoms with Gasteiger partial charge in [0, 0.05) is 17.9 Å². The summed E-state index contributed by atoms with van der Waals surface area (Å²) in [5, 5.41) is 4.26. The van der Waals surface area contributed by atoms with E-state index in [2.05, 4.69) is 20.4 Å². The third-order valence-corrected chi connectivity index (χ3v) is 5.13. The van der Waals surface area contributed by atoms with Crippen molar-refractivity contribution in [2.45, 2.75) is 45.4 Å². The van der Waals surface area contributed by atoms with Gasteiger partial charge in [0.05, 0.1) is 18.3 Å². The highest BCUT2D eigenvalue weighted by atomic mass is 19.1. The van der Waals surface area contributed by atoms with Gasteiger partial charge in [-0.2, -0.15) is 0 Å². The van der Waals surface area contributed by atoms with Crippen LogP contribution in [0.5, 0.6) is 5.88 Å². The third-order valence-electron chi connectivity index (χ3n) is 5.13. The molecule has 0 bridgehead atoms. The molecule has 4 rings (SSSR count). The molecule has 2 unspecified atom stereocenters. The monoisotopic (exact) mass is 334 g/mol. The van der Waals surface area contributed by atoms with Crippen LogP contribution >= 0.6 is 0 Å². The number of likely N-dealkylation sites (tertiary alicyclic amines) is 1. The van der Waals surface area contributed by atoms with Crippen LogP contribution in [-0.2, 0) is 11.2 Å². The number of hydrogen-bond donors (Lipinski definition) is 1. The summed E-state index contributed by atoms with van der Waals surface area (Å²) >= 11 is 0. The molecule has 1 aromatic heterocycles. The Hall–Kier alpha value is -1.89. The number of ether oxygens (including phenoxy) is 2. The maximum Gasteiger partial charge on any atom is 0.217 e. The zero-order valence-electron chi connectivity index (χ0n) is 14.1. The zero-order chi connectivity index (χ0) is 16.7. The molecule has 7 heteroatoms. The van der Waals surface area contributed by atoms with Crippen LogP contribution in [0.2, 0.25) is 0 Å². The second kappa shape index (κ2) is 6.20. The van der Waals surface area contributed by atoms with Crippen LogP contribution < -0.4 is 10.2 Å². The number of pyridine rings is 1. The lowest BCUT2D eigenvalue weighted by atomic mass is 9.95. The average molecular weight is 334 g/mol. The molecule has 1 saturated heterocycles. The van der Waals surface area contributed by atoms with Crippen molar-refractivity contribution in [3.63, 3.8) is 0 Å². The summed E-state index contributed by atoms with van der Waals surface area (Å²) in [7, 11) is 0. The van der Waals surface area contributed by atoms with Crippen LogP contribution in [0.1, 0.15) is 44.0 Å². The largest absolute Gasteiger partial charge is 0.477 e. The summed E-state index contributed by atoms with van der Waals surface area (Å²) in [5.41, 5.74) is 4.30. The Kier molecular flexibility index (Phi) is 4.04. The van der Waals surface area contributed by atoms with E-state index in [9.17, 15) is 4.39 Å². The molecule has 3 aliphatic heterocycles. The topological polar surface area (TPSA) is 59.0 Å². The quantitative estimate of drug-likeness (QED) is 0.918. The molecule has 0 spiro atoms. The van der Waals surface area contributed by atoms with Crippen LogP contribution in [-0.4, -0.2) is 41.7 Å². The number of rotatable bonds is 3. The third kappa shape index (κ3) is 2.81. The van der Waals surface area contributed by atoms with Crippen LogP contribution in [0, 0.1) is 11.7 Å². The molecule has 0 saturated carbocycles. The molecule has 3 aliphatic rings. The molecule has 24 heavy (non-hydrogen) atoms. The first-order valence-corrected chi connectivity index (χ1v) is 8.67. The fraction of sp³-hybridized carbons (Fsp3) is 0.647. The lowest BCUT2D eigenvalue weighted by Crippen LogP contribution is -2.38. The van der Waals surface area contributed by atoms with Crippen molar-refractivity contribution in [3.05, 3.63) is 23.1 Å². The second-order valence-electron chi connectivity index (χ2n) is 6.74. The van der Waals surface area contributed by atoms with Gasteiger partial charge in [0.1, 0.15) is 5.82 Å². The predicted octanol–water partition coefficient (Wildman–Crippen LogP) is 2.21. The van der Waals surface area contributed by atoms with Gasteiger partial charge in [0.25, 0.3) is 0 Å². The Labute approximate surface area is 141 Å². The Bertz CT molecular complexity index is 658. The van der Waals surface area contributed by atoms with Gasteiger partial charge in [0.2, 0.25) is 11.8 Å². The molecule has 0 radical (unpaired) electrons. The molecule has 6 nitrogen and oxygen atoms in total. The summed E-state index contributed by atoms with van der Waals surface area (Å²) in [4.78, 5) is 6.71. The van der Waals surface area contributed by atoms with E-state index in [4.69, 9.17) is 9.47 Å². The normalized spacial score (nSPS) is 25.5. The van der Waals surface area contributed by atoms with Gasteiger partial charge in [-0.3, -0.25) is 10.3 Å². The standard InChI is InChI=1S/C17H23FN4O2/c1-10(15-14(18)9-13-5-8-23-16(13)19-15)22-6-3-12(4-7-22)17-21-20-11(2)24-17/h9-12,20H,3-8H2,1-2H3. The van der Waals surface area contributed by atoms with Crippen LogP contribution in [0.4, 0.5) is 4.39 Å². The van der Waals surface area contributed by atoms with Crippen molar-refractivity contribution < 1.29 is 13.9 Å². The second-order valence-corrected chi connectivity index (χ2v) is 6.74. The molecule has 1 N–H and O–H groups in total. The lowest BCUT2D eigenvalue weighted by molar-refractivity contribution is 0.136. The first-order chi connectivity index (χ1) is 11.6. The first kappa shape index (κ1) is 15.6. The van der Waals surface area contributed by atoms with Crippen molar-refractivity contribution in [1.82, 2.24) is 15.3 Å². The van der Waals surface area contributed by atoms with E-state index in [1.807, 2.05) is 13.8 Å². The van der Waals surface area contributed by atoms with Crippen molar-refractivity contribution >= 4 is 5.90 Å². The maximum absolute atomic E-state index is 14.4. The summed E-state index contributed by atoms with van der Waals surface area (Å²) < 4.78 is 25.6. The van der Waals surface area contributed by atoms with Gasteiger partial charge < -0.3 is 9.47 Å². The highest BCUT2D eigenvalue weighted by Crippen LogP contribution is 2.32. The number of fused-ring (bicyclic) bond motifs is 1. The number of aromatic nitrogens is 1. The van der Waals surface area contributed by atoms with E-state index >= 15 is 0 Å². The zero-order valence-corrected chi connectivity index (χ0v) is 14.1. The van der Waals surface area contributed by atoms with Crippen molar-refractivity contribution in [1.29, 1.82) is 0 Å². The van der Waals surface area contributed by atoms with Crippen LogP contribution in [0.3, 0.4) is 0 Å². The van der Waals surface area contributed by atoms with E-state index < -0.39 is 0 Å². The Morgan fingerprint density at radius 2 is 2.17 bits per heavy atom. The summed E-state index contributed by atoms with van der Waals surface area (Å²) in [6, 6.07) is 1.52. The number of halogens is 1. The summed E-state index contributed by atoms with van der Waals surface area (Å²) in [6.45, 7) is 6.31. The Morgan fingerprint density at radius 1 is 1.38 bits per heavy atom. The fourth-order valence-electron chi connectivity index (χ4n) is 3.66. The van der Waals surface area contributed by atoms with Gasteiger partial charge >= 0.3 is 0 Å². The van der Waals surface area contributed by atoms with E-state index in [-0.39, 0.29) is 18.1 Å². The number of hydrogen-bond acceptors (Lipinski definition) is 6. The SMILES string of the molecule is CC1NN=C(C2CCN(C(C)c3nc4c(cc3F)CCO4)CC2)O1. The van der Waals surface area contributed by atoms with Crippen LogP contribution in [0.15, 0.2) is 11.2 Å². The van der Waals surface area contributed by atoms with E-state index in [0.717, 1.165) is 43.8 Å². The first-order valence-electron chi connectivity index (χ1n) is 8.67. The lowest BCUT2D eigenvalue weighted by Gasteiger charge is -2.35. The molecule has 1 fully saturated rings. The predicted molar refractivity (Wildman–Crippen MR) is 87.2 cm³/mol. The van der Waals surface area contributed by atoms with Gasteiger partial charge in [-0.1, -0.05) is 0 Å². The van der Waals surface area contributed by atoms with Gasteiger partial charge in [-0.05, 0) is 45.8 Å². The maximum atomic E-state index is 14.4. The molecule has 1 aromatic rings. The van der Waals surface area contributed by atoms with Crippen molar-refractivity contribution in [2.75, 3.05) is 19.7 Å². The molecule has 0 aromatic carbocycles. The minimum Gasteiger partial charge on any atom is -0.477 e. The summed E-state index contributed by atoms with van der Waals surface area (Å²) in [6.07, 6.45) is 2.62. The number of piperidine rings is 1. The van der Waals surface area contributed by atoms with Gasteiger partial charge in [-0.15, -0.1) is 5.10 Å². The van der Waals surface area contributed by atoms with E-state index in [1.165, 1.54) is 0 Å². The number of nitrogens with zero attached hydrogens (tertiary/aromatic N) is 3. The van der Waals surface area contributed by atoms with Crippen LogP contribution in [0.25, 0.3) is 0 Å². The highest BCUT2D eigenvalue weighted by molar-refractivity contribution is 5.79.